The SMILES string of the molecule is CN(CC(C)(C)CN)C(=O)Cn1cc([N+](=O)[O-])cn1.Cl. The van der Waals surface area contributed by atoms with E-state index in [1.807, 2.05) is 13.8 Å². The van der Waals surface area contributed by atoms with E-state index in [1.54, 1.807) is 11.9 Å². The zero-order chi connectivity index (χ0) is 14.6. The molecule has 9 heteroatoms. The van der Waals surface area contributed by atoms with Crippen molar-refractivity contribution >= 4 is 24.0 Å². The molecule has 0 saturated heterocycles. The second-order valence-corrected chi connectivity index (χ2v) is 5.27. The van der Waals surface area contributed by atoms with Crippen LogP contribution in [0.5, 0.6) is 0 Å². The average Bonchev–Trinajstić information content (AvgIpc) is 2.77. The molecule has 20 heavy (non-hydrogen) atoms. The lowest BCUT2D eigenvalue weighted by Crippen LogP contribution is -2.41. The highest BCUT2D eigenvalue weighted by Gasteiger charge is 2.21. The summed E-state index contributed by atoms with van der Waals surface area (Å²) in [6, 6.07) is 0. The van der Waals surface area contributed by atoms with E-state index in [1.165, 1.54) is 10.9 Å². The largest absolute Gasteiger partial charge is 0.344 e. The summed E-state index contributed by atoms with van der Waals surface area (Å²) in [7, 11) is 1.68. The van der Waals surface area contributed by atoms with Crippen LogP contribution in [0.4, 0.5) is 5.69 Å². The number of aromatic nitrogens is 2. The number of amides is 1. The number of rotatable bonds is 6. The van der Waals surface area contributed by atoms with Crippen molar-refractivity contribution < 1.29 is 9.72 Å². The van der Waals surface area contributed by atoms with Crippen LogP contribution in [0.2, 0.25) is 0 Å². The van der Waals surface area contributed by atoms with Crippen molar-refractivity contribution in [2.75, 3.05) is 20.1 Å². The predicted molar refractivity (Wildman–Crippen MR) is 76.6 cm³/mol. The Balaban J connectivity index is 0.00000361. The van der Waals surface area contributed by atoms with Gasteiger partial charge >= 0.3 is 5.69 Å². The molecule has 8 nitrogen and oxygen atoms in total. The minimum absolute atomic E-state index is 0. The van der Waals surface area contributed by atoms with Crippen molar-refractivity contribution in [1.82, 2.24) is 14.7 Å². The number of nitro groups is 1. The zero-order valence-electron chi connectivity index (χ0n) is 11.8. The molecule has 0 fully saturated rings. The molecule has 114 valence electrons. The summed E-state index contributed by atoms with van der Waals surface area (Å²) >= 11 is 0. The number of carbonyl (C=O) groups is 1. The third-order valence-electron chi connectivity index (χ3n) is 2.77. The Morgan fingerprint density at radius 3 is 2.65 bits per heavy atom. The second kappa shape index (κ2) is 7.20. The van der Waals surface area contributed by atoms with E-state index < -0.39 is 4.92 Å². The third-order valence-corrected chi connectivity index (χ3v) is 2.77. The maximum Gasteiger partial charge on any atom is 0.307 e. The molecule has 0 radical (unpaired) electrons. The monoisotopic (exact) mass is 305 g/mol. The number of likely N-dealkylation sites (N-methyl/N-ethyl adjacent to an activating group) is 1. The van der Waals surface area contributed by atoms with E-state index in [-0.39, 0.29) is 36.0 Å². The fourth-order valence-corrected chi connectivity index (χ4v) is 1.59. The van der Waals surface area contributed by atoms with Gasteiger partial charge in [-0.15, -0.1) is 12.4 Å². The number of hydrogen-bond acceptors (Lipinski definition) is 5. The highest BCUT2D eigenvalue weighted by Crippen LogP contribution is 2.14. The minimum atomic E-state index is -0.546. The molecular formula is C11H20ClN5O3. The van der Waals surface area contributed by atoms with E-state index in [0.717, 1.165) is 6.20 Å². The maximum atomic E-state index is 11.9. The first-order valence-corrected chi connectivity index (χ1v) is 5.86. The van der Waals surface area contributed by atoms with Gasteiger partial charge in [0.1, 0.15) is 18.9 Å². The molecule has 0 aliphatic carbocycles. The first-order valence-electron chi connectivity index (χ1n) is 5.86. The quantitative estimate of drug-likeness (QED) is 0.613. The van der Waals surface area contributed by atoms with Gasteiger partial charge in [0.25, 0.3) is 0 Å². The molecule has 0 atom stereocenters. The molecule has 1 amide bonds. The first-order chi connectivity index (χ1) is 8.75. The molecule has 1 heterocycles. The van der Waals surface area contributed by atoms with Crippen LogP contribution in [-0.2, 0) is 11.3 Å². The molecule has 0 aliphatic rings. The number of halogens is 1. The fourth-order valence-electron chi connectivity index (χ4n) is 1.59. The van der Waals surface area contributed by atoms with E-state index in [0.29, 0.717) is 13.1 Å². The van der Waals surface area contributed by atoms with Crippen molar-refractivity contribution in [1.29, 1.82) is 0 Å². The molecule has 0 unspecified atom stereocenters. The lowest BCUT2D eigenvalue weighted by Gasteiger charge is -2.29. The van der Waals surface area contributed by atoms with Crippen LogP contribution < -0.4 is 5.73 Å². The van der Waals surface area contributed by atoms with Crippen molar-refractivity contribution in [2.24, 2.45) is 11.1 Å². The number of nitrogens with zero attached hydrogens (tertiary/aromatic N) is 4. The molecule has 0 aromatic carbocycles. The molecule has 1 rings (SSSR count). The smallest absolute Gasteiger partial charge is 0.307 e. The van der Waals surface area contributed by atoms with Crippen LogP contribution in [0.3, 0.4) is 0 Å². The Hall–Kier alpha value is -1.67. The lowest BCUT2D eigenvalue weighted by atomic mass is 9.93. The van der Waals surface area contributed by atoms with Gasteiger partial charge < -0.3 is 10.6 Å². The van der Waals surface area contributed by atoms with Crippen LogP contribution in [0.25, 0.3) is 0 Å². The van der Waals surface area contributed by atoms with Crippen molar-refractivity contribution in [3.05, 3.63) is 22.5 Å². The van der Waals surface area contributed by atoms with E-state index in [2.05, 4.69) is 5.10 Å². The van der Waals surface area contributed by atoms with Gasteiger partial charge in [0.05, 0.1) is 4.92 Å². The Kier molecular flexibility index (Phi) is 6.60. The van der Waals surface area contributed by atoms with E-state index in [9.17, 15) is 14.9 Å². The Morgan fingerprint density at radius 1 is 1.60 bits per heavy atom. The molecule has 0 spiro atoms. The standard InChI is InChI=1S/C11H19N5O3.ClH/c1-11(2,7-12)8-14(3)10(17)6-15-5-9(4-13-15)16(18)19;/h4-5H,6-8,12H2,1-3H3;1H. The molecule has 1 aromatic heterocycles. The summed E-state index contributed by atoms with van der Waals surface area (Å²) in [5.74, 6) is -0.167. The Labute approximate surface area is 123 Å². The first kappa shape index (κ1) is 18.3. The summed E-state index contributed by atoms with van der Waals surface area (Å²) < 4.78 is 1.26. The van der Waals surface area contributed by atoms with Crippen molar-refractivity contribution in [3.63, 3.8) is 0 Å². The maximum absolute atomic E-state index is 11.9. The van der Waals surface area contributed by atoms with E-state index in [4.69, 9.17) is 5.73 Å². The van der Waals surface area contributed by atoms with Gasteiger partial charge in [-0.3, -0.25) is 19.6 Å². The molecule has 0 saturated carbocycles. The average molecular weight is 306 g/mol. The molecule has 0 aliphatic heterocycles. The molecule has 2 N–H and O–H groups in total. The highest BCUT2D eigenvalue weighted by molar-refractivity contribution is 5.85. The summed E-state index contributed by atoms with van der Waals surface area (Å²) in [4.78, 5) is 23.5. The van der Waals surface area contributed by atoms with Gasteiger partial charge in [-0.2, -0.15) is 5.10 Å². The van der Waals surface area contributed by atoms with Crippen LogP contribution >= 0.6 is 12.4 Å². The summed E-state index contributed by atoms with van der Waals surface area (Å²) in [6.45, 7) is 4.90. The molecule has 1 aromatic rings. The fraction of sp³-hybridized carbons (Fsp3) is 0.636. The summed E-state index contributed by atoms with van der Waals surface area (Å²) in [6.07, 6.45) is 2.36. The number of hydrogen-bond donors (Lipinski definition) is 1. The van der Waals surface area contributed by atoms with Gasteiger partial charge in [-0.25, -0.2) is 0 Å². The number of carbonyl (C=O) groups excluding carboxylic acids is 1. The Bertz CT molecular complexity index is 474. The summed E-state index contributed by atoms with van der Waals surface area (Å²) in [5.41, 5.74) is 5.32. The van der Waals surface area contributed by atoms with Gasteiger partial charge in [0.2, 0.25) is 5.91 Å². The number of nitrogens with two attached hydrogens (primary N) is 1. The second-order valence-electron chi connectivity index (χ2n) is 5.27. The highest BCUT2D eigenvalue weighted by atomic mass is 35.5. The van der Waals surface area contributed by atoms with Gasteiger partial charge in [0, 0.05) is 13.6 Å². The third kappa shape index (κ3) is 5.14. The van der Waals surface area contributed by atoms with Crippen molar-refractivity contribution in [2.45, 2.75) is 20.4 Å². The van der Waals surface area contributed by atoms with Crippen LogP contribution in [0, 0.1) is 15.5 Å². The van der Waals surface area contributed by atoms with Gasteiger partial charge in [-0.05, 0) is 12.0 Å². The predicted octanol–water partition coefficient (Wildman–Crippen LogP) is 0.656. The van der Waals surface area contributed by atoms with Crippen LogP contribution in [-0.4, -0.2) is 45.6 Å². The van der Waals surface area contributed by atoms with Crippen molar-refractivity contribution in [3.8, 4) is 0 Å². The van der Waals surface area contributed by atoms with Gasteiger partial charge in [-0.1, -0.05) is 13.8 Å². The molecular weight excluding hydrogens is 286 g/mol. The minimum Gasteiger partial charge on any atom is -0.344 e. The normalized spacial score (nSPS) is 10.8. The Morgan fingerprint density at radius 2 is 2.20 bits per heavy atom. The van der Waals surface area contributed by atoms with Crippen LogP contribution in [0.1, 0.15) is 13.8 Å². The van der Waals surface area contributed by atoms with Crippen LogP contribution in [0.15, 0.2) is 12.4 Å². The lowest BCUT2D eigenvalue weighted by molar-refractivity contribution is -0.385. The summed E-state index contributed by atoms with van der Waals surface area (Å²) in [5, 5.41) is 14.3. The van der Waals surface area contributed by atoms with E-state index >= 15 is 0 Å². The zero-order valence-corrected chi connectivity index (χ0v) is 12.6. The topological polar surface area (TPSA) is 107 Å². The van der Waals surface area contributed by atoms with Gasteiger partial charge in [0.15, 0.2) is 0 Å². The molecule has 0 bridgehead atoms.